The van der Waals surface area contributed by atoms with Crippen LogP contribution in [0.5, 0.6) is 0 Å². The monoisotopic (exact) mass is 290 g/mol. The van der Waals surface area contributed by atoms with Crippen LogP contribution in [-0.2, 0) is 0 Å². The van der Waals surface area contributed by atoms with Gasteiger partial charge in [-0.15, -0.1) is 0 Å². The Hall–Kier alpha value is -1.59. The van der Waals surface area contributed by atoms with Crippen molar-refractivity contribution < 1.29 is 4.79 Å². The SMILES string of the molecule is CCC(CN)N1CCN(C(=O)Nc2cccc(C)c2)CC1. The summed E-state index contributed by atoms with van der Waals surface area (Å²) in [5.41, 5.74) is 7.79. The van der Waals surface area contributed by atoms with Crippen molar-refractivity contribution >= 4 is 11.7 Å². The van der Waals surface area contributed by atoms with Crippen LogP contribution >= 0.6 is 0 Å². The molecule has 116 valence electrons. The second-order valence-corrected chi connectivity index (χ2v) is 5.62. The van der Waals surface area contributed by atoms with E-state index in [1.165, 1.54) is 0 Å². The number of urea groups is 1. The van der Waals surface area contributed by atoms with Crippen molar-refractivity contribution in [3.63, 3.8) is 0 Å². The zero-order valence-electron chi connectivity index (χ0n) is 13.0. The van der Waals surface area contributed by atoms with Gasteiger partial charge in [-0.2, -0.15) is 0 Å². The Bertz CT molecular complexity index is 465. The van der Waals surface area contributed by atoms with Crippen molar-refractivity contribution in [2.45, 2.75) is 26.3 Å². The van der Waals surface area contributed by atoms with Crippen molar-refractivity contribution in [1.29, 1.82) is 0 Å². The Morgan fingerprint density at radius 2 is 2.05 bits per heavy atom. The van der Waals surface area contributed by atoms with Gasteiger partial charge < -0.3 is 16.0 Å². The van der Waals surface area contributed by atoms with E-state index in [1.807, 2.05) is 36.1 Å². The molecule has 1 atom stereocenters. The second kappa shape index (κ2) is 7.43. The molecule has 1 aliphatic rings. The number of carbonyl (C=O) groups is 1. The highest BCUT2D eigenvalue weighted by atomic mass is 16.2. The van der Waals surface area contributed by atoms with Crippen LogP contribution in [-0.4, -0.2) is 54.6 Å². The lowest BCUT2D eigenvalue weighted by atomic mass is 10.1. The summed E-state index contributed by atoms with van der Waals surface area (Å²) in [4.78, 5) is 16.5. The molecule has 1 aliphatic heterocycles. The number of amides is 2. The van der Waals surface area contributed by atoms with Crippen LogP contribution in [0.2, 0.25) is 0 Å². The molecule has 3 N–H and O–H groups in total. The molecule has 0 saturated carbocycles. The smallest absolute Gasteiger partial charge is 0.321 e. The molecule has 2 amide bonds. The lowest BCUT2D eigenvalue weighted by Crippen LogP contribution is -2.54. The Labute approximate surface area is 127 Å². The highest BCUT2D eigenvalue weighted by Crippen LogP contribution is 2.13. The summed E-state index contributed by atoms with van der Waals surface area (Å²) in [6.07, 6.45) is 1.06. The van der Waals surface area contributed by atoms with Crippen LogP contribution in [0.4, 0.5) is 10.5 Å². The summed E-state index contributed by atoms with van der Waals surface area (Å²) < 4.78 is 0. The van der Waals surface area contributed by atoms with Gasteiger partial charge in [-0.25, -0.2) is 4.79 Å². The summed E-state index contributed by atoms with van der Waals surface area (Å²) in [5.74, 6) is 0. The molecule has 1 aromatic rings. The van der Waals surface area contributed by atoms with Crippen LogP contribution in [0.1, 0.15) is 18.9 Å². The number of piperazine rings is 1. The van der Waals surface area contributed by atoms with E-state index in [9.17, 15) is 4.79 Å². The van der Waals surface area contributed by atoms with E-state index in [-0.39, 0.29) is 6.03 Å². The maximum absolute atomic E-state index is 12.3. The number of hydrogen-bond donors (Lipinski definition) is 2. The first-order valence-corrected chi connectivity index (χ1v) is 7.70. The highest BCUT2D eigenvalue weighted by Gasteiger charge is 2.24. The number of nitrogens with zero attached hydrogens (tertiary/aromatic N) is 2. The molecule has 1 fully saturated rings. The number of hydrogen-bond acceptors (Lipinski definition) is 3. The predicted octanol–water partition coefficient (Wildman–Crippen LogP) is 1.88. The van der Waals surface area contributed by atoms with Gasteiger partial charge in [-0.3, -0.25) is 4.90 Å². The van der Waals surface area contributed by atoms with Crippen LogP contribution < -0.4 is 11.1 Å². The molecule has 1 heterocycles. The Balaban J connectivity index is 1.86. The zero-order chi connectivity index (χ0) is 15.2. The van der Waals surface area contributed by atoms with Crippen molar-refractivity contribution in [1.82, 2.24) is 9.80 Å². The fourth-order valence-corrected chi connectivity index (χ4v) is 2.79. The number of benzene rings is 1. The van der Waals surface area contributed by atoms with E-state index < -0.39 is 0 Å². The third kappa shape index (κ3) is 4.19. The topological polar surface area (TPSA) is 61.6 Å². The van der Waals surface area contributed by atoms with E-state index in [0.717, 1.165) is 43.9 Å². The van der Waals surface area contributed by atoms with E-state index >= 15 is 0 Å². The summed E-state index contributed by atoms with van der Waals surface area (Å²) in [6.45, 7) is 8.18. The van der Waals surface area contributed by atoms with Crippen LogP contribution in [0.15, 0.2) is 24.3 Å². The van der Waals surface area contributed by atoms with Gasteiger partial charge >= 0.3 is 6.03 Å². The average molecular weight is 290 g/mol. The zero-order valence-corrected chi connectivity index (χ0v) is 13.0. The quantitative estimate of drug-likeness (QED) is 0.890. The van der Waals surface area contributed by atoms with Gasteiger partial charge in [0.15, 0.2) is 0 Å². The molecule has 5 heteroatoms. The standard InChI is InChI=1S/C16H26N4O/c1-3-15(12-17)19-7-9-20(10-8-19)16(21)18-14-6-4-5-13(2)11-14/h4-6,11,15H,3,7-10,12,17H2,1-2H3,(H,18,21). The van der Waals surface area contributed by atoms with E-state index in [4.69, 9.17) is 5.73 Å². The first-order chi connectivity index (χ1) is 10.1. The summed E-state index contributed by atoms with van der Waals surface area (Å²) >= 11 is 0. The largest absolute Gasteiger partial charge is 0.329 e. The molecule has 5 nitrogen and oxygen atoms in total. The number of carbonyl (C=O) groups excluding carboxylic acids is 1. The molecular formula is C16H26N4O. The number of aryl methyl sites for hydroxylation is 1. The second-order valence-electron chi connectivity index (χ2n) is 5.62. The first kappa shape index (κ1) is 15.8. The lowest BCUT2D eigenvalue weighted by Gasteiger charge is -2.38. The van der Waals surface area contributed by atoms with Crippen LogP contribution in [0, 0.1) is 6.92 Å². The third-order valence-corrected chi connectivity index (χ3v) is 4.13. The minimum atomic E-state index is -0.0129. The Morgan fingerprint density at radius 3 is 2.62 bits per heavy atom. The Kier molecular flexibility index (Phi) is 5.59. The molecule has 1 aromatic carbocycles. The normalized spacial score (nSPS) is 17.6. The summed E-state index contributed by atoms with van der Waals surface area (Å²) in [6, 6.07) is 8.30. The summed E-state index contributed by atoms with van der Waals surface area (Å²) in [7, 11) is 0. The Morgan fingerprint density at radius 1 is 1.33 bits per heavy atom. The van der Waals surface area contributed by atoms with E-state index in [1.54, 1.807) is 0 Å². The maximum Gasteiger partial charge on any atom is 0.321 e. The molecule has 0 aromatic heterocycles. The molecule has 1 saturated heterocycles. The van der Waals surface area contributed by atoms with Crippen LogP contribution in [0.3, 0.4) is 0 Å². The van der Waals surface area contributed by atoms with E-state index in [0.29, 0.717) is 12.6 Å². The van der Waals surface area contributed by atoms with Gasteiger partial charge in [-0.1, -0.05) is 19.1 Å². The molecule has 0 radical (unpaired) electrons. The first-order valence-electron chi connectivity index (χ1n) is 7.70. The fraction of sp³-hybridized carbons (Fsp3) is 0.562. The van der Waals surface area contributed by atoms with Crippen molar-refractivity contribution in [2.75, 3.05) is 38.0 Å². The molecule has 21 heavy (non-hydrogen) atoms. The molecule has 2 rings (SSSR count). The number of rotatable bonds is 4. The number of nitrogens with two attached hydrogens (primary N) is 1. The third-order valence-electron chi connectivity index (χ3n) is 4.13. The molecule has 0 aliphatic carbocycles. The van der Waals surface area contributed by atoms with Gasteiger partial charge in [-0.05, 0) is 31.0 Å². The van der Waals surface area contributed by atoms with Crippen molar-refractivity contribution in [2.24, 2.45) is 5.73 Å². The van der Waals surface area contributed by atoms with E-state index in [2.05, 4.69) is 17.1 Å². The minimum Gasteiger partial charge on any atom is -0.329 e. The van der Waals surface area contributed by atoms with Crippen molar-refractivity contribution in [3.05, 3.63) is 29.8 Å². The number of nitrogens with one attached hydrogen (secondary N) is 1. The van der Waals surface area contributed by atoms with Crippen LogP contribution in [0.25, 0.3) is 0 Å². The maximum atomic E-state index is 12.3. The fourth-order valence-electron chi connectivity index (χ4n) is 2.79. The van der Waals surface area contributed by atoms with Gasteiger partial charge in [0, 0.05) is 44.5 Å². The predicted molar refractivity (Wildman–Crippen MR) is 86.5 cm³/mol. The molecule has 0 bridgehead atoms. The van der Waals surface area contributed by atoms with Gasteiger partial charge in [0.25, 0.3) is 0 Å². The minimum absolute atomic E-state index is 0.0129. The number of anilines is 1. The average Bonchev–Trinajstić information content (AvgIpc) is 2.49. The molecular weight excluding hydrogens is 264 g/mol. The lowest BCUT2D eigenvalue weighted by molar-refractivity contribution is 0.113. The molecule has 0 spiro atoms. The van der Waals surface area contributed by atoms with Crippen molar-refractivity contribution in [3.8, 4) is 0 Å². The van der Waals surface area contributed by atoms with Gasteiger partial charge in [0.1, 0.15) is 0 Å². The van der Waals surface area contributed by atoms with Gasteiger partial charge in [0.2, 0.25) is 0 Å². The highest BCUT2D eigenvalue weighted by molar-refractivity contribution is 5.89. The summed E-state index contributed by atoms with van der Waals surface area (Å²) in [5, 5.41) is 2.97. The van der Waals surface area contributed by atoms with Gasteiger partial charge in [0.05, 0.1) is 0 Å². The molecule has 1 unspecified atom stereocenters.